The summed E-state index contributed by atoms with van der Waals surface area (Å²) in [6.07, 6.45) is 2.94. The summed E-state index contributed by atoms with van der Waals surface area (Å²) in [5, 5.41) is 12.0. The molecule has 0 aliphatic heterocycles. The molecule has 140 valence electrons. The fraction of sp³-hybridized carbons (Fsp3) is 0.182. The number of nitrogens with one attached hydrogen (secondary N) is 1. The van der Waals surface area contributed by atoms with Gasteiger partial charge in [0.15, 0.2) is 0 Å². The Bertz CT molecular complexity index is 1210. The second-order valence-electron chi connectivity index (χ2n) is 7.17. The molecule has 1 aliphatic rings. The molecule has 1 atom stereocenters. The fourth-order valence-corrected chi connectivity index (χ4v) is 4.30. The third kappa shape index (κ3) is 2.65. The van der Waals surface area contributed by atoms with Crippen molar-refractivity contribution in [1.29, 1.82) is 0 Å². The fourth-order valence-electron chi connectivity index (χ4n) is 4.30. The molecular weight excluding hydrogens is 354 g/mol. The summed E-state index contributed by atoms with van der Waals surface area (Å²) >= 11 is 0. The minimum absolute atomic E-state index is 0.220. The molecule has 2 aromatic carbocycles. The number of nitrogens with zero attached hydrogens (tertiary/aromatic N) is 1. The number of H-pyrrole nitrogens is 1. The van der Waals surface area contributed by atoms with Crippen molar-refractivity contribution in [3.8, 4) is 17.0 Å². The minimum atomic E-state index is -0.743. The Morgan fingerprint density at radius 2 is 1.96 bits per heavy atom. The number of benzene rings is 2. The molecule has 1 amide bonds. The summed E-state index contributed by atoms with van der Waals surface area (Å²) in [7, 11) is 0. The van der Waals surface area contributed by atoms with Crippen LogP contribution in [0.5, 0.6) is 5.75 Å². The summed E-state index contributed by atoms with van der Waals surface area (Å²) in [6, 6.07) is 13.2. The van der Waals surface area contributed by atoms with Gasteiger partial charge in [-0.15, -0.1) is 0 Å². The van der Waals surface area contributed by atoms with E-state index in [1.54, 1.807) is 12.1 Å². The van der Waals surface area contributed by atoms with Crippen molar-refractivity contribution in [2.45, 2.75) is 25.4 Å². The number of aryl methyl sites for hydroxylation is 1. The molecule has 0 radical (unpaired) electrons. The van der Waals surface area contributed by atoms with Crippen LogP contribution < -0.4 is 5.73 Å². The van der Waals surface area contributed by atoms with Gasteiger partial charge in [0.2, 0.25) is 0 Å². The maximum absolute atomic E-state index is 11.3. The van der Waals surface area contributed by atoms with E-state index in [1.807, 2.05) is 30.5 Å². The van der Waals surface area contributed by atoms with Crippen LogP contribution >= 0.6 is 0 Å². The van der Waals surface area contributed by atoms with Crippen LogP contribution in [0.4, 0.5) is 4.79 Å². The van der Waals surface area contributed by atoms with Gasteiger partial charge >= 0.3 is 6.09 Å². The number of aromatic hydroxyl groups is 1. The van der Waals surface area contributed by atoms with Crippen molar-refractivity contribution >= 4 is 27.9 Å². The topological polar surface area (TPSA) is 101 Å². The average molecular weight is 373 g/mol. The number of hydrogen-bond acceptors (Lipinski definition) is 4. The first-order chi connectivity index (χ1) is 13.6. The molecule has 0 fully saturated rings. The average Bonchev–Trinajstić information content (AvgIpc) is 3.16. The van der Waals surface area contributed by atoms with E-state index in [9.17, 15) is 9.90 Å². The Morgan fingerprint density at radius 1 is 1.14 bits per heavy atom. The molecular formula is C22H19N3O3. The molecule has 0 bridgehead atoms. The lowest BCUT2D eigenvalue weighted by molar-refractivity contribution is 0.0981. The van der Waals surface area contributed by atoms with Crippen LogP contribution in [0.2, 0.25) is 0 Å². The zero-order valence-corrected chi connectivity index (χ0v) is 15.1. The van der Waals surface area contributed by atoms with Gasteiger partial charge in [0.1, 0.15) is 11.9 Å². The summed E-state index contributed by atoms with van der Waals surface area (Å²) in [5.74, 6) is 0.220. The number of carbonyl (C=O) groups is 1. The molecule has 4 aromatic rings. The van der Waals surface area contributed by atoms with Gasteiger partial charge in [0.05, 0.1) is 5.52 Å². The highest BCUT2D eigenvalue weighted by atomic mass is 16.6. The molecule has 0 spiro atoms. The Balaban J connectivity index is 1.78. The molecule has 5 rings (SSSR count). The van der Waals surface area contributed by atoms with E-state index in [2.05, 4.69) is 16.0 Å². The van der Waals surface area contributed by atoms with Crippen LogP contribution in [-0.4, -0.2) is 27.3 Å². The molecule has 28 heavy (non-hydrogen) atoms. The van der Waals surface area contributed by atoms with Crippen molar-refractivity contribution < 1.29 is 14.6 Å². The number of amides is 1. The number of primary amides is 1. The van der Waals surface area contributed by atoms with Crippen molar-refractivity contribution in [3.63, 3.8) is 0 Å². The second kappa shape index (κ2) is 6.27. The number of aromatic amines is 1. The predicted molar refractivity (Wildman–Crippen MR) is 107 cm³/mol. The third-order valence-electron chi connectivity index (χ3n) is 5.49. The zero-order chi connectivity index (χ0) is 19.3. The number of rotatable bonds is 2. The van der Waals surface area contributed by atoms with Crippen molar-refractivity contribution in [2.75, 3.05) is 0 Å². The third-order valence-corrected chi connectivity index (χ3v) is 5.49. The Hall–Kier alpha value is -3.54. The zero-order valence-electron chi connectivity index (χ0n) is 15.1. The van der Waals surface area contributed by atoms with E-state index in [-0.39, 0.29) is 11.9 Å². The quantitative estimate of drug-likeness (QED) is 0.493. The first-order valence-electron chi connectivity index (χ1n) is 9.27. The number of phenols is 1. The van der Waals surface area contributed by atoms with Crippen molar-refractivity contribution in [3.05, 3.63) is 59.8 Å². The number of phenolic OH excluding ortho intramolecular Hbond substituents is 1. The van der Waals surface area contributed by atoms with Gasteiger partial charge in [0.25, 0.3) is 0 Å². The lowest BCUT2D eigenvalue weighted by Gasteiger charge is -2.28. The van der Waals surface area contributed by atoms with Crippen LogP contribution in [0, 0.1) is 0 Å². The van der Waals surface area contributed by atoms with Gasteiger partial charge in [-0.3, -0.25) is 4.98 Å². The van der Waals surface area contributed by atoms with Crippen LogP contribution in [-0.2, 0) is 17.6 Å². The molecule has 0 saturated carbocycles. The largest absolute Gasteiger partial charge is 0.508 e. The highest BCUT2D eigenvalue weighted by molar-refractivity contribution is 6.08. The standard InChI is InChI=1S/C22H19N3O3/c23-22(27)28-14-5-6-15-17(11-14)21(12-1-3-13(26)4-2-12)25-19-8-7-18-16(20(15)19)9-10-24-18/h1-4,7-10,14,25-26H,5-6,11H2,(H2,23,27). The highest BCUT2D eigenvalue weighted by Gasteiger charge is 2.27. The predicted octanol–water partition coefficient (Wildman–Crippen LogP) is 4.04. The molecule has 2 heterocycles. The normalized spacial score (nSPS) is 16.2. The molecule has 4 N–H and O–H groups in total. The second-order valence-corrected chi connectivity index (χ2v) is 7.17. The number of aromatic nitrogens is 2. The van der Waals surface area contributed by atoms with E-state index in [1.165, 1.54) is 10.9 Å². The summed E-state index contributed by atoms with van der Waals surface area (Å²) < 4.78 is 5.32. The van der Waals surface area contributed by atoms with E-state index in [0.717, 1.165) is 46.1 Å². The van der Waals surface area contributed by atoms with Crippen molar-refractivity contribution in [2.24, 2.45) is 5.73 Å². The van der Waals surface area contributed by atoms with Gasteiger partial charge in [-0.1, -0.05) is 0 Å². The lowest BCUT2D eigenvalue weighted by atomic mass is 9.84. The Labute approximate surface area is 161 Å². The van der Waals surface area contributed by atoms with Gasteiger partial charge in [-0.05, 0) is 72.0 Å². The number of fused-ring (bicyclic) bond motifs is 5. The van der Waals surface area contributed by atoms with Gasteiger partial charge in [-0.2, -0.15) is 0 Å². The molecule has 0 saturated heterocycles. The van der Waals surface area contributed by atoms with Gasteiger partial charge in [-0.25, -0.2) is 4.79 Å². The van der Waals surface area contributed by atoms with E-state index >= 15 is 0 Å². The maximum atomic E-state index is 11.3. The lowest BCUT2D eigenvalue weighted by Crippen LogP contribution is -2.29. The first-order valence-corrected chi connectivity index (χ1v) is 9.27. The van der Waals surface area contributed by atoms with E-state index < -0.39 is 6.09 Å². The van der Waals surface area contributed by atoms with E-state index in [4.69, 9.17) is 10.5 Å². The van der Waals surface area contributed by atoms with Crippen LogP contribution in [0.3, 0.4) is 0 Å². The molecule has 1 aliphatic carbocycles. The summed E-state index contributed by atoms with van der Waals surface area (Å²) in [6.45, 7) is 0. The highest BCUT2D eigenvalue weighted by Crippen LogP contribution is 2.38. The number of nitrogens with two attached hydrogens (primary N) is 1. The number of pyridine rings is 1. The maximum Gasteiger partial charge on any atom is 0.404 e. The van der Waals surface area contributed by atoms with Crippen LogP contribution in [0.15, 0.2) is 48.7 Å². The molecule has 2 aromatic heterocycles. The molecule has 6 nitrogen and oxygen atoms in total. The minimum Gasteiger partial charge on any atom is -0.508 e. The Morgan fingerprint density at radius 3 is 2.75 bits per heavy atom. The summed E-state index contributed by atoms with van der Waals surface area (Å²) in [4.78, 5) is 19.3. The summed E-state index contributed by atoms with van der Waals surface area (Å²) in [5.41, 5.74) is 11.6. The van der Waals surface area contributed by atoms with Gasteiger partial charge in [0, 0.05) is 34.6 Å². The van der Waals surface area contributed by atoms with Crippen LogP contribution in [0.25, 0.3) is 33.1 Å². The molecule has 6 heteroatoms. The van der Waals surface area contributed by atoms with E-state index in [0.29, 0.717) is 6.42 Å². The van der Waals surface area contributed by atoms with Crippen LogP contribution in [0.1, 0.15) is 17.5 Å². The number of hydrogen-bond donors (Lipinski definition) is 3. The first kappa shape index (κ1) is 16.6. The molecule has 1 unspecified atom stereocenters. The SMILES string of the molecule is NC(=O)OC1CCc2c(c(-c3ccc(O)cc3)[nH]c3ccc4nccc4c23)C1. The monoisotopic (exact) mass is 373 g/mol. The van der Waals surface area contributed by atoms with Crippen molar-refractivity contribution in [1.82, 2.24) is 9.97 Å². The van der Waals surface area contributed by atoms with Gasteiger partial charge < -0.3 is 20.6 Å². The number of carbonyl (C=O) groups excluding carboxylic acids is 1. The smallest absolute Gasteiger partial charge is 0.404 e. The number of ether oxygens (including phenoxy) is 1. The Kier molecular flexibility index (Phi) is 3.72.